The van der Waals surface area contributed by atoms with Crippen molar-refractivity contribution in [1.82, 2.24) is 20.1 Å². The van der Waals surface area contributed by atoms with Gasteiger partial charge < -0.3 is 19.8 Å². The normalized spacial score (nSPS) is 19.2. The highest BCUT2D eigenvalue weighted by Crippen LogP contribution is 2.27. The van der Waals surface area contributed by atoms with E-state index >= 15 is 0 Å². The van der Waals surface area contributed by atoms with Gasteiger partial charge in [-0.05, 0) is 56.8 Å². The second-order valence-electron chi connectivity index (χ2n) is 9.71. The Morgan fingerprint density at radius 2 is 2.00 bits per heavy atom. The maximum Gasteiger partial charge on any atom is 0.267 e. The number of rotatable bonds is 8. The van der Waals surface area contributed by atoms with Gasteiger partial charge in [0.25, 0.3) is 5.91 Å². The fourth-order valence-corrected chi connectivity index (χ4v) is 4.67. The van der Waals surface area contributed by atoms with Gasteiger partial charge in [0.15, 0.2) is 0 Å². The Kier molecular flexibility index (Phi) is 7.71. The molecule has 2 N–H and O–H groups in total. The predicted molar refractivity (Wildman–Crippen MR) is 127 cm³/mol. The minimum absolute atomic E-state index is 0.0335. The third-order valence-electron chi connectivity index (χ3n) is 6.60. The Morgan fingerprint density at radius 1 is 1.25 bits per heavy atom. The van der Waals surface area contributed by atoms with Crippen molar-refractivity contribution in [3.63, 3.8) is 0 Å². The number of nitrogens with zero attached hydrogens (tertiary/aromatic N) is 2. The lowest BCUT2D eigenvalue weighted by atomic mass is 10.0. The molecule has 3 heterocycles. The van der Waals surface area contributed by atoms with Crippen LogP contribution >= 0.6 is 0 Å². The summed E-state index contributed by atoms with van der Waals surface area (Å²) in [5, 5.41) is 4.20. The van der Waals surface area contributed by atoms with Gasteiger partial charge >= 0.3 is 0 Å². The second kappa shape index (κ2) is 10.7. The molecule has 0 saturated carbocycles. The van der Waals surface area contributed by atoms with E-state index in [9.17, 15) is 4.79 Å². The molecule has 0 unspecified atom stereocenters. The van der Waals surface area contributed by atoms with E-state index in [0.29, 0.717) is 24.3 Å². The minimum Gasteiger partial charge on any atom is -0.493 e. The van der Waals surface area contributed by atoms with Crippen molar-refractivity contribution < 1.29 is 14.3 Å². The Balaban J connectivity index is 1.28. The molecule has 4 rings (SSSR count). The van der Waals surface area contributed by atoms with E-state index < -0.39 is 0 Å². The van der Waals surface area contributed by atoms with Gasteiger partial charge in [-0.15, -0.1) is 0 Å². The fourth-order valence-electron chi connectivity index (χ4n) is 4.67. The molecule has 32 heavy (non-hydrogen) atoms. The topological polar surface area (TPSA) is 69.8 Å². The highest BCUT2D eigenvalue weighted by atomic mass is 16.5. The number of carbonyl (C=O) groups is 1. The zero-order valence-corrected chi connectivity index (χ0v) is 19.7. The van der Waals surface area contributed by atoms with Crippen LogP contribution in [0.3, 0.4) is 0 Å². The second-order valence-corrected chi connectivity index (χ2v) is 9.71. The minimum atomic E-state index is -0.0335. The van der Waals surface area contributed by atoms with Crippen LogP contribution in [0.25, 0.3) is 10.9 Å². The number of carbonyl (C=O) groups excluding carboxylic acids is 1. The number of aromatic amines is 1. The summed E-state index contributed by atoms with van der Waals surface area (Å²) in [5.41, 5.74) is 1.53. The first kappa shape index (κ1) is 23.1. The molecule has 2 saturated heterocycles. The molecule has 7 nitrogen and oxygen atoms in total. The zero-order chi connectivity index (χ0) is 22.5. The van der Waals surface area contributed by atoms with Crippen molar-refractivity contribution in [1.29, 1.82) is 0 Å². The summed E-state index contributed by atoms with van der Waals surface area (Å²) in [7, 11) is 2.22. The number of likely N-dealkylation sites (tertiary alicyclic amines) is 1. The first-order valence-corrected chi connectivity index (χ1v) is 12.1. The molecule has 0 radical (unpaired) electrons. The van der Waals surface area contributed by atoms with Crippen LogP contribution in [-0.2, 0) is 4.74 Å². The SMILES string of the molecule is CC(C)COc1cccc2[nH]c(C(=O)NC3CCN(CN(C)C4CCOCC4)CC3)cc12. The molecule has 0 atom stereocenters. The number of nitrogens with one attached hydrogen (secondary N) is 2. The molecule has 2 fully saturated rings. The molecule has 0 bridgehead atoms. The molecule has 176 valence electrons. The smallest absolute Gasteiger partial charge is 0.267 e. The number of amides is 1. The summed E-state index contributed by atoms with van der Waals surface area (Å²) >= 11 is 0. The molecule has 2 aromatic rings. The standard InChI is InChI=1S/C25H38N4O3/c1-18(2)16-32-24-6-4-5-22-21(24)15-23(27-22)25(30)26-19-7-11-29(12-8-19)17-28(3)20-9-13-31-14-10-20/h4-6,15,18-20,27H,7-14,16-17H2,1-3H3,(H,26,30). The number of ether oxygens (including phenoxy) is 2. The van der Waals surface area contributed by atoms with Crippen molar-refractivity contribution in [3.05, 3.63) is 30.0 Å². The molecular weight excluding hydrogens is 404 g/mol. The predicted octanol–water partition coefficient (Wildman–Crippen LogP) is 3.47. The van der Waals surface area contributed by atoms with E-state index in [4.69, 9.17) is 9.47 Å². The number of aromatic nitrogens is 1. The fraction of sp³-hybridized carbons (Fsp3) is 0.640. The van der Waals surface area contributed by atoms with Gasteiger partial charge in [0.2, 0.25) is 0 Å². The number of hydrogen-bond acceptors (Lipinski definition) is 5. The highest BCUT2D eigenvalue weighted by molar-refractivity contribution is 5.99. The highest BCUT2D eigenvalue weighted by Gasteiger charge is 2.25. The molecular formula is C25H38N4O3. The van der Waals surface area contributed by atoms with Gasteiger partial charge in [0.05, 0.1) is 13.3 Å². The Labute approximate surface area is 191 Å². The molecule has 7 heteroatoms. The third-order valence-corrected chi connectivity index (χ3v) is 6.60. The van der Waals surface area contributed by atoms with Gasteiger partial charge in [-0.2, -0.15) is 0 Å². The van der Waals surface area contributed by atoms with Gasteiger partial charge in [0.1, 0.15) is 11.4 Å². The van der Waals surface area contributed by atoms with E-state index in [1.54, 1.807) is 0 Å². The molecule has 2 aliphatic heterocycles. The van der Waals surface area contributed by atoms with Crippen LogP contribution in [0, 0.1) is 5.92 Å². The average Bonchev–Trinajstić information content (AvgIpc) is 3.25. The van der Waals surface area contributed by atoms with Gasteiger partial charge in [-0.1, -0.05) is 19.9 Å². The van der Waals surface area contributed by atoms with Gasteiger partial charge in [0, 0.05) is 49.3 Å². The third kappa shape index (κ3) is 5.82. The number of benzene rings is 1. The lowest BCUT2D eigenvalue weighted by Gasteiger charge is -2.38. The van der Waals surface area contributed by atoms with Crippen LogP contribution in [0.2, 0.25) is 0 Å². The van der Waals surface area contributed by atoms with Gasteiger partial charge in [-0.25, -0.2) is 0 Å². The summed E-state index contributed by atoms with van der Waals surface area (Å²) in [5.74, 6) is 1.25. The van der Waals surface area contributed by atoms with Crippen LogP contribution in [0.4, 0.5) is 0 Å². The summed E-state index contributed by atoms with van der Waals surface area (Å²) in [4.78, 5) is 21.1. The molecule has 0 aliphatic carbocycles. The summed E-state index contributed by atoms with van der Waals surface area (Å²) in [6.45, 7) is 9.69. The molecule has 1 aromatic carbocycles. The van der Waals surface area contributed by atoms with Crippen LogP contribution < -0.4 is 10.1 Å². The van der Waals surface area contributed by atoms with Crippen LogP contribution in [0.15, 0.2) is 24.3 Å². The van der Waals surface area contributed by atoms with Crippen molar-refractivity contribution in [3.8, 4) is 5.75 Å². The first-order chi connectivity index (χ1) is 15.5. The zero-order valence-electron chi connectivity index (χ0n) is 19.7. The van der Waals surface area contributed by atoms with Crippen molar-refractivity contribution in [2.24, 2.45) is 5.92 Å². The Bertz CT molecular complexity index is 882. The van der Waals surface area contributed by atoms with Crippen LogP contribution in [0.1, 0.15) is 50.0 Å². The number of fused-ring (bicyclic) bond motifs is 1. The van der Waals surface area contributed by atoms with Crippen molar-refractivity contribution >= 4 is 16.8 Å². The molecule has 2 aliphatic rings. The quantitative estimate of drug-likeness (QED) is 0.655. The monoisotopic (exact) mass is 442 g/mol. The number of hydrogen-bond donors (Lipinski definition) is 2. The maximum absolute atomic E-state index is 12.9. The van der Waals surface area contributed by atoms with E-state index in [1.165, 1.54) is 0 Å². The number of piperidine rings is 1. The Hall–Kier alpha value is -2.09. The van der Waals surface area contributed by atoms with E-state index in [1.807, 2.05) is 24.3 Å². The lowest BCUT2D eigenvalue weighted by Crippen LogP contribution is -2.49. The van der Waals surface area contributed by atoms with Crippen LogP contribution in [0.5, 0.6) is 5.75 Å². The molecule has 1 aromatic heterocycles. The Morgan fingerprint density at radius 3 is 2.72 bits per heavy atom. The largest absolute Gasteiger partial charge is 0.493 e. The molecule has 1 amide bonds. The maximum atomic E-state index is 12.9. The van der Waals surface area contributed by atoms with Crippen molar-refractivity contribution in [2.75, 3.05) is 46.6 Å². The van der Waals surface area contributed by atoms with Gasteiger partial charge in [-0.3, -0.25) is 14.6 Å². The first-order valence-electron chi connectivity index (χ1n) is 12.1. The van der Waals surface area contributed by atoms with E-state index in [-0.39, 0.29) is 11.9 Å². The van der Waals surface area contributed by atoms with E-state index in [0.717, 1.165) is 75.3 Å². The number of H-pyrrole nitrogens is 1. The summed E-state index contributed by atoms with van der Waals surface area (Å²) in [6.07, 6.45) is 4.21. The molecule has 0 spiro atoms. The van der Waals surface area contributed by atoms with Crippen molar-refractivity contribution in [2.45, 2.75) is 51.6 Å². The lowest BCUT2D eigenvalue weighted by molar-refractivity contribution is 0.0175. The van der Waals surface area contributed by atoms with E-state index in [2.05, 4.69) is 41.0 Å². The average molecular weight is 443 g/mol. The summed E-state index contributed by atoms with van der Waals surface area (Å²) < 4.78 is 11.4. The summed E-state index contributed by atoms with van der Waals surface area (Å²) in [6, 6.07) is 8.67. The van der Waals surface area contributed by atoms with Crippen LogP contribution in [-0.4, -0.2) is 79.4 Å².